The third-order valence-corrected chi connectivity index (χ3v) is 5.65. The first kappa shape index (κ1) is 16.3. The third kappa shape index (κ3) is 2.57. The van der Waals surface area contributed by atoms with E-state index in [0.717, 1.165) is 49.2 Å². The van der Waals surface area contributed by atoms with E-state index in [-0.39, 0.29) is 23.3 Å². The average Bonchev–Trinajstić information content (AvgIpc) is 3.25. The molecule has 0 aromatic carbocycles. The second-order valence-electron chi connectivity index (χ2n) is 7.58. The fourth-order valence-electron chi connectivity index (χ4n) is 4.06. The molecule has 2 atom stereocenters. The molecule has 0 radical (unpaired) electrons. The first-order valence-corrected chi connectivity index (χ1v) is 9.04. The summed E-state index contributed by atoms with van der Waals surface area (Å²) in [6.07, 6.45) is 3.00. The molecule has 0 bridgehead atoms. The molecule has 1 aliphatic carbocycles. The van der Waals surface area contributed by atoms with Crippen LogP contribution in [0.3, 0.4) is 0 Å². The van der Waals surface area contributed by atoms with Gasteiger partial charge in [-0.05, 0) is 46.0 Å². The summed E-state index contributed by atoms with van der Waals surface area (Å²) < 4.78 is 1.77. The number of anilines is 1. The Labute approximate surface area is 145 Å². The Kier molecular flexibility index (Phi) is 3.72. The first-order chi connectivity index (χ1) is 11.9. The van der Waals surface area contributed by atoms with E-state index in [1.165, 1.54) is 0 Å². The molecular formula is C18H25N5O2. The molecule has 7 heteroatoms. The molecule has 0 spiro atoms. The molecule has 3 heterocycles. The maximum atomic E-state index is 12.4. The number of aromatic nitrogens is 3. The molecule has 0 amide bonds. The van der Waals surface area contributed by atoms with Gasteiger partial charge in [-0.3, -0.25) is 14.3 Å². The van der Waals surface area contributed by atoms with E-state index in [2.05, 4.69) is 9.88 Å². The lowest BCUT2D eigenvalue weighted by Crippen LogP contribution is -2.33. The van der Waals surface area contributed by atoms with Crippen LogP contribution in [0.15, 0.2) is 9.59 Å². The number of hydrogen-bond acceptors (Lipinski definition) is 5. The number of nitrogens with zero attached hydrogens (tertiary/aromatic N) is 3. The highest BCUT2D eigenvalue weighted by Crippen LogP contribution is 2.38. The quantitative estimate of drug-likeness (QED) is 0.873. The van der Waals surface area contributed by atoms with Crippen LogP contribution in [0.1, 0.15) is 43.5 Å². The van der Waals surface area contributed by atoms with Crippen LogP contribution in [-0.4, -0.2) is 33.7 Å². The summed E-state index contributed by atoms with van der Waals surface area (Å²) in [5.74, 6) is 1.33. The maximum Gasteiger partial charge on any atom is 0.329 e. The van der Waals surface area contributed by atoms with Gasteiger partial charge in [-0.25, -0.2) is 9.78 Å². The average molecular weight is 343 g/mol. The summed E-state index contributed by atoms with van der Waals surface area (Å²) in [6, 6.07) is 0.343. The van der Waals surface area contributed by atoms with Crippen LogP contribution >= 0.6 is 0 Å². The van der Waals surface area contributed by atoms with E-state index in [9.17, 15) is 9.59 Å². The van der Waals surface area contributed by atoms with Crippen LogP contribution < -0.4 is 21.9 Å². The lowest BCUT2D eigenvalue weighted by atomic mass is 10.0. The van der Waals surface area contributed by atoms with E-state index in [4.69, 9.17) is 10.7 Å². The van der Waals surface area contributed by atoms with Crippen molar-refractivity contribution in [3.05, 3.63) is 32.1 Å². The van der Waals surface area contributed by atoms with Crippen molar-refractivity contribution in [2.24, 2.45) is 11.7 Å². The molecule has 2 aromatic heterocycles. The van der Waals surface area contributed by atoms with Crippen molar-refractivity contribution in [1.29, 1.82) is 0 Å². The van der Waals surface area contributed by atoms with Gasteiger partial charge < -0.3 is 10.6 Å². The Bertz CT molecular complexity index is 955. The van der Waals surface area contributed by atoms with Crippen molar-refractivity contribution in [1.82, 2.24) is 14.5 Å². The molecular weight excluding hydrogens is 318 g/mol. The molecule has 1 saturated heterocycles. The molecule has 134 valence electrons. The molecule has 1 aliphatic heterocycles. The van der Waals surface area contributed by atoms with Crippen LogP contribution in [0, 0.1) is 19.8 Å². The molecule has 1 saturated carbocycles. The fraction of sp³-hybridized carbons (Fsp3) is 0.611. The van der Waals surface area contributed by atoms with Crippen molar-refractivity contribution in [2.75, 3.05) is 18.0 Å². The van der Waals surface area contributed by atoms with Gasteiger partial charge >= 0.3 is 5.69 Å². The third-order valence-electron chi connectivity index (χ3n) is 5.65. The summed E-state index contributed by atoms with van der Waals surface area (Å²) >= 11 is 0. The minimum atomic E-state index is -0.341. The summed E-state index contributed by atoms with van der Waals surface area (Å²) in [4.78, 5) is 34.3. The summed E-state index contributed by atoms with van der Waals surface area (Å²) in [6.45, 7) is 7.64. The van der Waals surface area contributed by atoms with E-state index in [1.54, 1.807) is 4.57 Å². The lowest BCUT2D eigenvalue weighted by Gasteiger charge is -2.23. The summed E-state index contributed by atoms with van der Waals surface area (Å²) in [7, 11) is 0. The number of fused-ring (bicyclic) bond motifs is 1. The zero-order valence-corrected chi connectivity index (χ0v) is 15.0. The van der Waals surface area contributed by atoms with Gasteiger partial charge in [0.05, 0.1) is 16.6 Å². The smallest absolute Gasteiger partial charge is 0.329 e. The van der Waals surface area contributed by atoms with E-state index >= 15 is 0 Å². The van der Waals surface area contributed by atoms with Crippen LogP contribution in [0.5, 0.6) is 0 Å². The van der Waals surface area contributed by atoms with Crippen molar-refractivity contribution in [3.63, 3.8) is 0 Å². The maximum absolute atomic E-state index is 12.4. The number of hydrogen-bond donors (Lipinski definition) is 2. The predicted molar refractivity (Wildman–Crippen MR) is 98.3 cm³/mol. The van der Waals surface area contributed by atoms with Crippen LogP contribution in [0.25, 0.3) is 10.9 Å². The highest BCUT2D eigenvalue weighted by Gasteiger charge is 2.31. The van der Waals surface area contributed by atoms with Crippen LogP contribution in [0.2, 0.25) is 0 Å². The number of nitrogens with one attached hydrogen (secondary N) is 1. The first-order valence-electron chi connectivity index (χ1n) is 9.04. The van der Waals surface area contributed by atoms with Crippen molar-refractivity contribution in [2.45, 2.75) is 52.1 Å². The minimum absolute atomic E-state index is 0.152. The Hall–Kier alpha value is -2.15. The Morgan fingerprint density at radius 3 is 2.56 bits per heavy atom. The van der Waals surface area contributed by atoms with Crippen molar-refractivity contribution in [3.8, 4) is 0 Å². The van der Waals surface area contributed by atoms with Crippen LogP contribution in [-0.2, 0) is 0 Å². The number of H-pyrrole nitrogens is 1. The monoisotopic (exact) mass is 343 g/mol. The number of aromatic amines is 1. The minimum Gasteiger partial charge on any atom is -0.356 e. The zero-order chi connectivity index (χ0) is 17.9. The van der Waals surface area contributed by atoms with Gasteiger partial charge in [-0.2, -0.15) is 0 Å². The zero-order valence-electron chi connectivity index (χ0n) is 15.0. The number of rotatable bonds is 3. The normalized spacial score (nSPS) is 21.9. The van der Waals surface area contributed by atoms with Gasteiger partial charge in [0.1, 0.15) is 5.82 Å². The van der Waals surface area contributed by atoms with Crippen LogP contribution in [0.4, 0.5) is 5.82 Å². The standard InChI is InChI=1S/C18H25N5O2/c1-9-15-14(17(24)21-18(25)23(15)13-4-5-13)11(3)20-16(9)22-7-6-12(8-22)10(2)19/h10,12-13H,4-8,19H2,1-3H3,(H,21,24,25). The highest BCUT2D eigenvalue weighted by atomic mass is 16.2. The topological polar surface area (TPSA) is 97.0 Å². The second kappa shape index (κ2) is 5.69. The Morgan fingerprint density at radius 1 is 1.24 bits per heavy atom. The summed E-state index contributed by atoms with van der Waals surface area (Å²) in [5, 5.41) is 0.538. The van der Waals surface area contributed by atoms with Crippen molar-refractivity contribution < 1.29 is 0 Å². The molecule has 2 aliphatic rings. The Balaban J connectivity index is 1.93. The molecule has 2 unspecified atom stereocenters. The molecule has 2 aromatic rings. The van der Waals surface area contributed by atoms with Gasteiger partial charge in [0.25, 0.3) is 5.56 Å². The van der Waals surface area contributed by atoms with Gasteiger partial charge in [0.2, 0.25) is 0 Å². The Morgan fingerprint density at radius 2 is 1.96 bits per heavy atom. The van der Waals surface area contributed by atoms with Gasteiger partial charge in [0.15, 0.2) is 0 Å². The largest absolute Gasteiger partial charge is 0.356 e. The summed E-state index contributed by atoms with van der Waals surface area (Å²) in [5.41, 5.74) is 7.77. The molecule has 25 heavy (non-hydrogen) atoms. The van der Waals surface area contributed by atoms with E-state index < -0.39 is 0 Å². The highest BCUT2D eigenvalue weighted by molar-refractivity contribution is 5.87. The predicted octanol–water partition coefficient (Wildman–Crippen LogP) is 1.21. The van der Waals surface area contributed by atoms with E-state index in [1.807, 2.05) is 20.8 Å². The number of aryl methyl sites for hydroxylation is 2. The molecule has 4 rings (SSSR count). The second-order valence-corrected chi connectivity index (χ2v) is 7.58. The van der Waals surface area contributed by atoms with E-state index in [0.29, 0.717) is 17.0 Å². The number of pyridine rings is 1. The molecule has 2 fully saturated rings. The van der Waals surface area contributed by atoms with Gasteiger partial charge in [0, 0.05) is 30.7 Å². The van der Waals surface area contributed by atoms with Gasteiger partial charge in [-0.1, -0.05) is 0 Å². The SMILES string of the molecule is Cc1nc(N2CCC(C(C)N)C2)c(C)c2c1c(=O)[nH]c(=O)n2C1CC1. The molecule has 3 N–H and O–H groups in total. The fourth-order valence-corrected chi connectivity index (χ4v) is 4.06. The number of nitrogens with two attached hydrogens (primary N) is 1. The van der Waals surface area contributed by atoms with Gasteiger partial charge in [-0.15, -0.1) is 0 Å². The van der Waals surface area contributed by atoms with Crippen molar-refractivity contribution >= 4 is 16.7 Å². The molecule has 7 nitrogen and oxygen atoms in total. The lowest BCUT2D eigenvalue weighted by molar-refractivity contribution is 0.488.